The number of nitrogens with two attached hydrogens (primary N) is 1. The summed E-state index contributed by atoms with van der Waals surface area (Å²) in [6.45, 7) is 2.08. The third-order valence-electron chi connectivity index (χ3n) is 3.34. The zero-order valence-electron chi connectivity index (χ0n) is 11.4. The average Bonchev–Trinajstić information content (AvgIpc) is 2.46. The molecule has 1 heterocycles. The summed E-state index contributed by atoms with van der Waals surface area (Å²) in [6, 6.07) is 11.7. The fraction of sp³-hybridized carbons (Fsp3) is 0.200. The Morgan fingerprint density at radius 1 is 1.30 bits per heavy atom. The standard InChI is InChI=1S/C15H16ClN3S/c1-10(11-6-3-4-7-12(11)16)19(2)13-8-5-9-18-14(13)15(17)20/h3-10H,1-2H3,(H2,17,20). The Balaban J connectivity index is 2.39. The van der Waals surface area contributed by atoms with Crippen LogP contribution >= 0.6 is 23.8 Å². The van der Waals surface area contributed by atoms with Crippen molar-refractivity contribution in [1.82, 2.24) is 4.98 Å². The first-order valence-corrected chi connectivity index (χ1v) is 7.03. The lowest BCUT2D eigenvalue weighted by Crippen LogP contribution is -2.26. The van der Waals surface area contributed by atoms with E-state index >= 15 is 0 Å². The molecule has 0 aliphatic rings. The molecule has 1 aromatic carbocycles. The highest BCUT2D eigenvalue weighted by Gasteiger charge is 2.18. The highest BCUT2D eigenvalue weighted by molar-refractivity contribution is 7.80. The molecule has 0 bridgehead atoms. The topological polar surface area (TPSA) is 42.2 Å². The first-order chi connectivity index (χ1) is 9.52. The predicted molar refractivity (Wildman–Crippen MR) is 88.4 cm³/mol. The Hall–Kier alpha value is -1.65. The molecule has 0 amide bonds. The molecule has 0 fully saturated rings. The van der Waals surface area contributed by atoms with Gasteiger partial charge in [0.05, 0.1) is 11.7 Å². The molecule has 0 saturated heterocycles. The summed E-state index contributed by atoms with van der Waals surface area (Å²) in [4.78, 5) is 6.62. The number of rotatable bonds is 4. The van der Waals surface area contributed by atoms with E-state index in [1.54, 1.807) is 6.20 Å². The number of halogens is 1. The van der Waals surface area contributed by atoms with Gasteiger partial charge in [0.2, 0.25) is 0 Å². The summed E-state index contributed by atoms with van der Waals surface area (Å²) in [7, 11) is 1.98. The van der Waals surface area contributed by atoms with Gasteiger partial charge in [-0.15, -0.1) is 0 Å². The molecule has 2 rings (SSSR count). The smallest absolute Gasteiger partial charge is 0.124 e. The molecule has 0 saturated carbocycles. The number of hydrogen-bond acceptors (Lipinski definition) is 3. The lowest BCUT2D eigenvalue weighted by molar-refractivity contribution is 0.737. The lowest BCUT2D eigenvalue weighted by Gasteiger charge is -2.29. The van der Waals surface area contributed by atoms with Crippen LogP contribution in [0.5, 0.6) is 0 Å². The van der Waals surface area contributed by atoms with Crippen LogP contribution in [0, 0.1) is 0 Å². The number of pyridine rings is 1. The molecule has 0 radical (unpaired) electrons. The number of hydrogen-bond donors (Lipinski definition) is 1. The van der Waals surface area contributed by atoms with E-state index in [9.17, 15) is 0 Å². The Labute approximate surface area is 129 Å². The van der Waals surface area contributed by atoms with E-state index in [1.807, 2.05) is 43.4 Å². The third kappa shape index (κ3) is 2.92. The second-order valence-electron chi connectivity index (χ2n) is 4.54. The van der Waals surface area contributed by atoms with Gasteiger partial charge in [-0.1, -0.05) is 42.0 Å². The molecule has 1 atom stereocenters. The van der Waals surface area contributed by atoms with Gasteiger partial charge in [0, 0.05) is 18.3 Å². The molecule has 104 valence electrons. The molecule has 20 heavy (non-hydrogen) atoms. The minimum absolute atomic E-state index is 0.0843. The molecule has 3 nitrogen and oxygen atoms in total. The van der Waals surface area contributed by atoms with Gasteiger partial charge in [-0.05, 0) is 30.7 Å². The van der Waals surface area contributed by atoms with Crippen molar-refractivity contribution in [3.63, 3.8) is 0 Å². The van der Waals surface area contributed by atoms with Crippen molar-refractivity contribution in [1.29, 1.82) is 0 Å². The van der Waals surface area contributed by atoms with Crippen molar-refractivity contribution in [2.45, 2.75) is 13.0 Å². The maximum absolute atomic E-state index is 6.26. The largest absolute Gasteiger partial charge is 0.388 e. The summed E-state index contributed by atoms with van der Waals surface area (Å²) >= 11 is 11.3. The van der Waals surface area contributed by atoms with Gasteiger partial charge in [-0.3, -0.25) is 4.98 Å². The maximum Gasteiger partial charge on any atom is 0.124 e. The fourth-order valence-corrected chi connectivity index (χ4v) is 2.55. The lowest BCUT2D eigenvalue weighted by atomic mass is 10.1. The Kier molecular flexibility index (Phi) is 4.57. The molecule has 0 aliphatic carbocycles. The van der Waals surface area contributed by atoms with Gasteiger partial charge in [0.1, 0.15) is 10.7 Å². The van der Waals surface area contributed by atoms with Gasteiger partial charge < -0.3 is 10.6 Å². The van der Waals surface area contributed by atoms with Gasteiger partial charge in [-0.2, -0.15) is 0 Å². The minimum Gasteiger partial charge on any atom is -0.388 e. The number of anilines is 1. The third-order valence-corrected chi connectivity index (χ3v) is 3.87. The van der Waals surface area contributed by atoms with Crippen LogP contribution in [0.25, 0.3) is 0 Å². The van der Waals surface area contributed by atoms with Crippen LogP contribution in [-0.2, 0) is 0 Å². The highest BCUT2D eigenvalue weighted by Crippen LogP contribution is 2.30. The van der Waals surface area contributed by atoms with E-state index < -0.39 is 0 Å². The van der Waals surface area contributed by atoms with E-state index in [4.69, 9.17) is 29.6 Å². The fourth-order valence-electron chi connectivity index (χ4n) is 2.10. The van der Waals surface area contributed by atoms with Gasteiger partial charge in [0.25, 0.3) is 0 Å². The van der Waals surface area contributed by atoms with E-state index in [-0.39, 0.29) is 6.04 Å². The summed E-state index contributed by atoms with van der Waals surface area (Å²) in [5, 5.41) is 0.743. The van der Waals surface area contributed by atoms with E-state index in [0.717, 1.165) is 16.3 Å². The number of aromatic nitrogens is 1. The molecule has 5 heteroatoms. The Morgan fingerprint density at radius 3 is 2.65 bits per heavy atom. The van der Waals surface area contributed by atoms with E-state index in [2.05, 4.69) is 16.8 Å². The molecule has 2 aromatic rings. The Morgan fingerprint density at radius 2 is 2.00 bits per heavy atom. The summed E-state index contributed by atoms with van der Waals surface area (Å²) in [6.07, 6.45) is 1.69. The highest BCUT2D eigenvalue weighted by atomic mass is 35.5. The van der Waals surface area contributed by atoms with Crippen LogP contribution in [0.15, 0.2) is 42.6 Å². The Bertz CT molecular complexity index is 630. The van der Waals surface area contributed by atoms with Crippen molar-refractivity contribution in [2.24, 2.45) is 5.73 Å². The SMILES string of the molecule is CC(c1ccccc1Cl)N(C)c1cccnc1C(N)=S. The molecule has 0 spiro atoms. The number of benzene rings is 1. The zero-order chi connectivity index (χ0) is 14.7. The molecule has 0 aliphatic heterocycles. The monoisotopic (exact) mass is 305 g/mol. The van der Waals surface area contributed by atoms with Crippen molar-refractivity contribution >= 4 is 34.5 Å². The summed E-state index contributed by atoms with van der Waals surface area (Å²) in [5.74, 6) is 0. The van der Waals surface area contributed by atoms with Crippen LogP contribution in [0.4, 0.5) is 5.69 Å². The minimum atomic E-state index is 0.0843. The van der Waals surface area contributed by atoms with Crippen molar-refractivity contribution in [3.05, 3.63) is 58.9 Å². The summed E-state index contributed by atoms with van der Waals surface area (Å²) < 4.78 is 0. The van der Waals surface area contributed by atoms with Gasteiger partial charge in [0.15, 0.2) is 0 Å². The second kappa shape index (κ2) is 6.20. The second-order valence-corrected chi connectivity index (χ2v) is 5.39. The quantitative estimate of drug-likeness (QED) is 0.877. The predicted octanol–water partition coefficient (Wildman–Crippen LogP) is 3.57. The first-order valence-electron chi connectivity index (χ1n) is 6.24. The van der Waals surface area contributed by atoms with Crippen molar-refractivity contribution < 1.29 is 0 Å². The van der Waals surface area contributed by atoms with E-state index in [0.29, 0.717) is 10.7 Å². The van der Waals surface area contributed by atoms with Gasteiger partial charge in [-0.25, -0.2) is 0 Å². The molecule has 1 aromatic heterocycles. The van der Waals surface area contributed by atoms with Crippen LogP contribution in [0.1, 0.15) is 24.2 Å². The maximum atomic E-state index is 6.26. The van der Waals surface area contributed by atoms with Crippen LogP contribution in [0.3, 0.4) is 0 Å². The molecule has 1 unspecified atom stereocenters. The average molecular weight is 306 g/mol. The van der Waals surface area contributed by atoms with Crippen molar-refractivity contribution in [2.75, 3.05) is 11.9 Å². The van der Waals surface area contributed by atoms with Crippen molar-refractivity contribution in [3.8, 4) is 0 Å². The van der Waals surface area contributed by atoms with Gasteiger partial charge >= 0.3 is 0 Å². The normalized spacial score (nSPS) is 11.9. The van der Waals surface area contributed by atoms with Crippen LogP contribution in [-0.4, -0.2) is 17.0 Å². The molecule has 2 N–H and O–H groups in total. The molecular formula is C15H16ClN3S. The summed E-state index contributed by atoms with van der Waals surface area (Å²) in [5.41, 5.74) is 8.31. The number of thiocarbonyl (C=S) groups is 1. The van der Waals surface area contributed by atoms with E-state index in [1.165, 1.54) is 0 Å². The first kappa shape index (κ1) is 14.8. The zero-order valence-corrected chi connectivity index (χ0v) is 12.9. The number of nitrogens with zero attached hydrogens (tertiary/aromatic N) is 2. The van der Waals surface area contributed by atoms with Crippen LogP contribution in [0.2, 0.25) is 5.02 Å². The molecular weight excluding hydrogens is 290 g/mol. The van der Waals surface area contributed by atoms with Crippen LogP contribution < -0.4 is 10.6 Å².